The van der Waals surface area contributed by atoms with Gasteiger partial charge in [-0.3, -0.25) is 0 Å². The van der Waals surface area contributed by atoms with Crippen LogP contribution >= 0.6 is 0 Å². The van der Waals surface area contributed by atoms with Crippen molar-refractivity contribution < 1.29 is 9.90 Å². The highest BCUT2D eigenvalue weighted by atomic mass is 16.4. The SMILES string of the molecule is CCCC(C(=O)O)n1cnnn1. The molecule has 1 heterocycles. The second-order valence-electron chi connectivity index (χ2n) is 2.43. The molecule has 1 unspecified atom stereocenters. The Morgan fingerprint density at radius 2 is 2.50 bits per heavy atom. The quantitative estimate of drug-likeness (QED) is 0.693. The maximum absolute atomic E-state index is 10.7. The molecule has 0 saturated carbocycles. The van der Waals surface area contributed by atoms with Crippen molar-refractivity contribution in [1.29, 1.82) is 0 Å². The van der Waals surface area contributed by atoms with E-state index in [1.807, 2.05) is 6.92 Å². The summed E-state index contributed by atoms with van der Waals surface area (Å²) >= 11 is 0. The number of aromatic nitrogens is 4. The van der Waals surface area contributed by atoms with Crippen LogP contribution in [0.2, 0.25) is 0 Å². The van der Waals surface area contributed by atoms with Gasteiger partial charge in [0.15, 0.2) is 6.04 Å². The number of rotatable bonds is 4. The summed E-state index contributed by atoms with van der Waals surface area (Å²) in [7, 11) is 0. The molecule has 0 bridgehead atoms. The molecule has 0 spiro atoms. The Morgan fingerprint density at radius 3 is 2.92 bits per heavy atom. The fourth-order valence-corrected chi connectivity index (χ4v) is 0.954. The van der Waals surface area contributed by atoms with Gasteiger partial charge in [-0.2, -0.15) is 0 Å². The zero-order valence-electron chi connectivity index (χ0n) is 6.71. The molecule has 0 aromatic carbocycles. The predicted octanol–water partition coefficient (Wildman–Crippen LogP) is 0.0989. The fourth-order valence-electron chi connectivity index (χ4n) is 0.954. The van der Waals surface area contributed by atoms with Crippen molar-refractivity contribution in [2.75, 3.05) is 0 Å². The summed E-state index contributed by atoms with van der Waals surface area (Å²) in [5.41, 5.74) is 0. The van der Waals surface area contributed by atoms with Crippen molar-refractivity contribution in [3.05, 3.63) is 6.33 Å². The van der Waals surface area contributed by atoms with E-state index in [2.05, 4.69) is 15.5 Å². The highest BCUT2D eigenvalue weighted by molar-refractivity contribution is 5.71. The molecule has 0 saturated heterocycles. The number of tetrazole rings is 1. The predicted molar refractivity (Wildman–Crippen MR) is 39.4 cm³/mol. The molecule has 1 atom stereocenters. The van der Waals surface area contributed by atoms with Crippen LogP contribution in [0.4, 0.5) is 0 Å². The Hall–Kier alpha value is -1.46. The number of aliphatic carboxylic acids is 1. The smallest absolute Gasteiger partial charge is 0.328 e. The molecule has 0 radical (unpaired) electrons. The normalized spacial score (nSPS) is 12.8. The Bertz CT molecular complexity index is 246. The third-order valence-electron chi connectivity index (χ3n) is 1.53. The molecule has 0 aliphatic heterocycles. The van der Waals surface area contributed by atoms with E-state index in [4.69, 9.17) is 5.11 Å². The molecule has 1 aromatic heterocycles. The van der Waals surface area contributed by atoms with Gasteiger partial charge in [-0.05, 0) is 16.8 Å². The number of carbonyl (C=O) groups is 1. The third-order valence-corrected chi connectivity index (χ3v) is 1.53. The van der Waals surface area contributed by atoms with Crippen molar-refractivity contribution in [3.8, 4) is 0 Å². The second kappa shape index (κ2) is 3.80. The van der Waals surface area contributed by atoms with Gasteiger partial charge in [0.05, 0.1) is 0 Å². The van der Waals surface area contributed by atoms with Gasteiger partial charge in [0, 0.05) is 0 Å². The van der Waals surface area contributed by atoms with Gasteiger partial charge in [-0.15, -0.1) is 5.10 Å². The summed E-state index contributed by atoms with van der Waals surface area (Å²) in [6.45, 7) is 1.92. The zero-order chi connectivity index (χ0) is 8.97. The van der Waals surface area contributed by atoms with Crippen LogP contribution in [0.25, 0.3) is 0 Å². The van der Waals surface area contributed by atoms with Crippen LogP contribution in [0.5, 0.6) is 0 Å². The minimum absolute atomic E-state index is 0.542. The summed E-state index contributed by atoms with van der Waals surface area (Å²) in [4.78, 5) is 10.7. The summed E-state index contributed by atoms with van der Waals surface area (Å²) in [5.74, 6) is -0.899. The highest BCUT2D eigenvalue weighted by Crippen LogP contribution is 2.10. The van der Waals surface area contributed by atoms with Crippen molar-refractivity contribution in [1.82, 2.24) is 20.2 Å². The molecule has 1 N–H and O–H groups in total. The zero-order valence-corrected chi connectivity index (χ0v) is 6.71. The van der Waals surface area contributed by atoms with E-state index in [1.165, 1.54) is 11.0 Å². The van der Waals surface area contributed by atoms with E-state index in [0.717, 1.165) is 6.42 Å². The van der Waals surface area contributed by atoms with Crippen LogP contribution in [0, 0.1) is 0 Å². The maximum atomic E-state index is 10.7. The molecule has 0 aliphatic carbocycles. The van der Waals surface area contributed by atoms with E-state index >= 15 is 0 Å². The van der Waals surface area contributed by atoms with E-state index in [9.17, 15) is 4.79 Å². The maximum Gasteiger partial charge on any atom is 0.328 e. The van der Waals surface area contributed by atoms with Gasteiger partial charge in [-0.1, -0.05) is 13.3 Å². The molecule has 6 nitrogen and oxygen atoms in total. The van der Waals surface area contributed by atoms with Crippen LogP contribution < -0.4 is 0 Å². The molecular formula is C6H10N4O2. The average Bonchev–Trinajstić information content (AvgIpc) is 2.51. The molecule has 6 heteroatoms. The van der Waals surface area contributed by atoms with E-state index in [-0.39, 0.29) is 0 Å². The molecule has 12 heavy (non-hydrogen) atoms. The van der Waals surface area contributed by atoms with Gasteiger partial charge in [-0.25, -0.2) is 9.48 Å². The Kier molecular flexibility index (Phi) is 2.73. The Balaban J connectivity index is 2.73. The lowest BCUT2D eigenvalue weighted by Gasteiger charge is -2.08. The minimum Gasteiger partial charge on any atom is -0.480 e. The largest absolute Gasteiger partial charge is 0.480 e. The summed E-state index contributed by atoms with van der Waals surface area (Å²) in [6, 6.07) is -0.634. The molecule has 1 aromatic rings. The van der Waals surface area contributed by atoms with Gasteiger partial charge < -0.3 is 5.11 Å². The Morgan fingerprint density at radius 1 is 1.75 bits per heavy atom. The lowest BCUT2D eigenvalue weighted by Crippen LogP contribution is -2.19. The molecule has 0 fully saturated rings. The van der Waals surface area contributed by atoms with Crippen LogP contribution in [0.3, 0.4) is 0 Å². The number of hydrogen-bond donors (Lipinski definition) is 1. The van der Waals surface area contributed by atoms with Crippen molar-refractivity contribution in [2.45, 2.75) is 25.8 Å². The first-order valence-corrected chi connectivity index (χ1v) is 3.71. The summed E-state index contributed by atoms with van der Waals surface area (Å²) in [6.07, 6.45) is 2.64. The van der Waals surface area contributed by atoms with E-state index < -0.39 is 12.0 Å². The standard InChI is InChI=1S/C6H10N4O2/c1-2-3-5(6(11)12)10-4-7-8-9-10/h4-5H,2-3H2,1H3,(H,11,12). The first kappa shape index (κ1) is 8.63. The van der Waals surface area contributed by atoms with Crippen molar-refractivity contribution >= 4 is 5.97 Å². The summed E-state index contributed by atoms with van der Waals surface area (Å²) in [5, 5.41) is 19.0. The van der Waals surface area contributed by atoms with Gasteiger partial charge in [0.25, 0.3) is 0 Å². The second-order valence-corrected chi connectivity index (χ2v) is 2.43. The third kappa shape index (κ3) is 1.77. The van der Waals surface area contributed by atoms with Crippen molar-refractivity contribution in [2.24, 2.45) is 0 Å². The van der Waals surface area contributed by atoms with Gasteiger partial charge in [0.2, 0.25) is 0 Å². The van der Waals surface area contributed by atoms with E-state index in [1.54, 1.807) is 0 Å². The number of nitrogens with zero attached hydrogens (tertiary/aromatic N) is 4. The number of carboxylic acid groups (broad SMARTS) is 1. The molecular weight excluding hydrogens is 160 g/mol. The van der Waals surface area contributed by atoms with E-state index in [0.29, 0.717) is 6.42 Å². The first-order chi connectivity index (χ1) is 5.75. The number of carboxylic acids is 1. The lowest BCUT2D eigenvalue weighted by atomic mass is 10.2. The van der Waals surface area contributed by atoms with Crippen LogP contribution in [-0.4, -0.2) is 31.3 Å². The fraction of sp³-hybridized carbons (Fsp3) is 0.667. The van der Waals surface area contributed by atoms with Crippen LogP contribution in [0.15, 0.2) is 6.33 Å². The minimum atomic E-state index is -0.899. The van der Waals surface area contributed by atoms with Crippen LogP contribution in [-0.2, 0) is 4.79 Å². The highest BCUT2D eigenvalue weighted by Gasteiger charge is 2.18. The molecule has 1 rings (SSSR count). The average molecular weight is 170 g/mol. The molecule has 0 aliphatic rings. The molecule has 0 amide bonds. The molecule has 66 valence electrons. The lowest BCUT2D eigenvalue weighted by molar-refractivity contribution is -0.141. The first-order valence-electron chi connectivity index (χ1n) is 3.71. The topological polar surface area (TPSA) is 80.9 Å². The van der Waals surface area contributed by atoms with Crippen LogP contribution in [0.1, 0.15) is 25.8 Å². The van der Waals surface area contributed by atoms with Crippen molar-refractivity contribution in [3.63, 3.8) is 0 Å². The van der Waals surface area contributed by atoms with Gasteiger partial charge in [0.1, 0.15) is 6.33 Å². The number of hydrogen-bond acceptors (Lipinski definition) is 4. The summed E-state index contributed by atoms with van der Waals surface area (Å²) < 4.78 is 1.26. The monoisotopic (exact) mass is 170 g/mol. The Labute approximate surface area is 69.2 Å². The van der Waals surface area contributed by atoms with Gasteiger partial charge >= 0.3 is 5.97 Å².